The molecule has 1 N–H and O–H groups in total. The van der Waals surface area contributed by atoms with Gasteiger partial charge in [0.25, 0.3) is 0 Å². The summed E-state index contributed by atoms with van der Waals surface area (Å²) in [6.07, 6.45) is 5.69. The molecule has 5 heteroatoms. The van der Waals surface area contributed by atoms with Gasteiger partial charge in [-0.15, -0.1) is 0 Å². The van der Waals surface area contributed by atoms with E-state index in [0.29, 0.717) is 0 Å². The van der Waals surface area contributed by atoms with Crippen LogP contribution in [0.2, 0.25) is 0 Å². The van der Waals surface area contributed by atoms with Crippen LogP contribution in [-0.4, -0.2) is 39.6 Å². The summed E-state index contributed by atoms with van der Waals surface area (Å²) >= 11 is 0. The number of nitrogens with one attached hydrogen (secondary N) is 1. The lowest BCUT2D eigenvalue weighted by atomic mass is 10.1. The number of aromatic nitrogens is 3. The van der Waals surface area contributed by atoms with Crippen LogP contribution in [0.4, 0.5) is 0 Å². The first kappa shape index (κ1) is 21.1. The maximum Gasteiger partial charge on any atom is 0.122 e. The number of quaternary nitrogens is 1. The fourth-order valence-electron chi connectivity index (χ4n) is 3.76. The average Bonchev–Trinajstić information content (AvgIpc) is 2.72. The van der Waals surface area contributed by atoms with Crippen molar-refractivity contribution < 1.29 is 4.48 Å². The maximum atomic E-state index is 4.72. The number of hydrogen-bond acceptors (Lipinski definition) is 4. The van der Waals surface area contributed by atoms with Gasteiger partial charge >= 0.3 is 0 Å². The molecule has 3 aromatic rings. The Labute approximate surface area is 174 Å². The van der Waals surface area contributed by atoms with Crippen molar-refractivity contribution in [3.05, 3.63) is 88.8 Å². The summed E-state index contributed by atoms with van der Waals surface area (Å²) in [6.45, 7) is 10.9. The third kappa shape index (κ3) is 5.46. The monoisotopic (exact) mass is 390 g/mol. The molecule has 0 saturated carbocycles. The largest absolute Gasteiger partial charge is 0.315 e. The molecule has 0 spiro atoms. The number of likely N-dealkylation sites (N-methyl/N-ethyl adjacent to an activating group) is 1. The molecule has 0 bridgehead atoms. The van der Waals surface area contributed by atoms with Crippen LogP contribution in [-0.2, 0) is 19.6 Å². The molecule has 3 heterocycles. The van der Waals surface area contributed by atoms with E-state index in [1.807, 2.05) is 43.8 Å². The van der Waals surface area contributed by atoms with Crippen molar-refractivity contribution in [2.75, 3.05) is 20.1 Å². The van der Waals surface area contributed by atoms with Crippen LogP contribution in [0.3, 0.4) is 0 Å². The number of nitrogens with zero attached hydrogens (tertiary/aromatic N) is 4. The van der Waals surface area contributed by atoms with Gasteiger partial charge in [-0.3, -0.25) is 15.0 Å². The van der Waals surface area contributed by atoms with E-state index in [1.54, 1.807) is 0 Å². The molecule has 5 nitrogen and oxygen atoms in total. The first-order valence-electron chi connectivity index (χ1n) is 10.2. The average molecular weight is 391 g/mol. The molecule has 152 valence electrons. The second kappa shape index (κ2) is 9.72. The van der Waals surface area contributed by atoms with Crippen LogP contribution in [0.25, 0.3) is 0 Å². The molecule has 0 atom stereocenters. The minimum atomic E-state index is 0.828. The van der Waals surface area contributed by atoms with Crippen LogP contribution >= 0.6 is 0 Å². The highest BCUT2D eigenvalue weighted by atomic mass is 15.4. The first-order valence-corrected chi connectivity index (χ1v) is 10.2. The molecule has 0 radical (unpaired) electrons. The fourth-order valence-corrected chi connectivity index (χ4v) is 3.76. The molecular formula is C24H32N5+. The van der Waals surface area contributed by atoms with Crippen molar-refractivity contribution in [2.45, 2.75) is 40.4 Å². The van der Waals surface area contributed by atoms with Gasteiger partial charge in [-0.1, -0.05) is 18.2 Å². The molecule has 0 unspecified atom stereocenters. The molecule has 0 aliphatic carbocycles. The third-order valence-corrected chi connectivity index (χ3v) is 5.65. The van der Waals surface area contributed by atoms with Crippen molar-refractivity contribution in [1.29, 1.82) is 0 Å². The predicted molar refractivity (Wildman–Crippen MR) is 117 cm³/mol. The Morgan fingerprint density at radius 1 is 0.690 bits per heavy atom. The van der Waals surface area contributed by atoms with Gasteiger partial charge in [0.15, 0.2) is 0 Å². The van der Waals surface area contributed by atoms with E-state index < -0.39 is 0 Å². The molecular weight excluding hydrogens is 358 g/mol. The predicted octanol–water partition coefficient (Wildman–Crippen LogP) is 3.73. The van der Waals surface area contributed by atoms with Gasteiger partial charge in [-0.25, -0.2) is 0 Å². The Kier molecular flexibility index (Phi) is 7.07. The van der Waals surface area contributed by atoms with Gasteiger partial charge < -0.3 is 9.80 Å². The third-order valence-electron chi connectivity index (χ3n) is 5.65. The zero-order chi connectivity index (χ0) is 20.7. The highest BCUT2D eigenvalue weighted by Crippen LogP contribution is 2.25. The van der Waals surface area contributed by atoms with Crippen molar-refractivity contribution in [2.24, 2.45) is 0 Å². The summed E-state index contributed by atoms with van der Waals surface area (Å²) in [7, 11) is 2.01. The van der Waals surface area contributed by atoms with E-state index in [0.717, 1.165) is 54.3 Å². The van der Waals surface area contributed by atoms with E-state index in [4.69, 9.17) is 15.0 Å². The summed E-state index contributed by atoms with van der Waals surface area (Å²) in [5, 5.41) is 3.35. The van der Waals surface area contributed by atoms with Crippen LogP contribution < -0.4 is 5.32 Å². The van der Waals surface area contributed by atoms with E-state index in [9.17, 15) is 0 Å². The van der Waals surface area contributed by atoms with Crippen molar-refractivity contribution in [3.8, 4) is 0 Å². The molecule has 0 saturated heterocycles. The van der Waals surface area contributed by atoms with Crippen molar-refractivity contribution in [1.82, 2.24) is 20.3 Å². The number of rotatable bonds is 9. The summed E-state index contributed by atoms with van der Waals surface area (Å²) in [4.78, 5) is 14.2. The Morgan fingerprint density at radius 3 is 1.38 bits per heavy atom. The second-order valence-corrected chi connectivity index (χ2v) is 7.94. The Morgan fingerprint density at radius 2 is 1.07 bits per heavy atom. The SMILES string of the molecule is CNCC[N+](Cc1ncccc1C)(Cc1ncccc1C)Cc1ncccc1C. The van der Waals surface area contributed by atoms with E-state index in [1.165, 1.54) is 16.7 Å². The summed E-state index contributed by atoms with van der Waals surface area (Å²) in [6, 6.07) is 12.5. The lowest BCUT2D eigenvalue weighted by Gasteiger charge is -2.39. The molecule has 3 aromatic heterocycles. The number of aryl methyl sites for hydroxylation is 3. The van der Waals surface area contributed by atoms with Crippen LogP contribution in [0.5, 0.6) is 0 Å². The lowest BCUT2D eigenvalue weighted by molar-refractivity contribution is -0.966. The number of hydrogen-bond donors (Lipinski definition) is 1. The van der Waals surface area contributed by atoms with Crippen LogP contribution in [0, 0.1) is 20.8 Å². The Balaban J connectivity index is 2.05. The van der Waals surface area contributed by atoms with Gasteiger partial charge in [0.1, 0.15) is 19.6 Å². The minimum absolute atomic E-state index is 0.828. The van der Waals surface area contributed by atoms with Gasteiger partial charge in [-0.2, -0.15) is 0 Å². The zero-order valence-corrected chi connectivity index (χ0v) is 18.0. The highest BCUT2D eigenvalue weighted by molar-refractivity contribution is 5.20. The summed E-state index contributed by atoms with van der Waals surface area (Å²) in [5.74, 6) is 0. The lowest BCUT2D eigenvalue weighted by Crippen LogP contribution is -2.50. The topological polar surface area (TPSA) is 50.7 Å². The van der Waals surface area contributed by atoms with Gasteiger partial charge in [0.2, 0.25) is 0 Å². The van der Waals surface area contributed by atoms with E-state index >= 15 is 0 Å². The molecule has 0 aliphatic rings. The Hall–Kier alpha value is -2.63. The molecule has 0 fully saturated rings. The van der Waals surface area contributed by atoms with Gasteiger partial charge in [0, 0.05) is 25.1 Å². The minimum Gasteiger partial charge on any atom is -0.315 e. The van der Waals surface area contributed by atoms with Crippen molar-refractivity contribution >= 4 is 0 Å². The first-order chi connectivity index (χ1) is 14.0. The number of pyridine rings is 3. The molecule has 3 rings (SSSR count). The summed E-state index contributed by atoms with van der Waals surface area (Å²) < 4.78 is 0.828. The van der Waals surface area contributed by atoms with Crippen molar-refractivity contribution in [3.63, 3.8) is 0 Å². The molecule has 0 aromatic carbocycles. The van der Waals surface area contributed by atoms with Gasteiger partial charge in [0.05, 0.1) is 23.6 Å². The standard InChI is InChI=1S/C24H32N5/c1-19-8-5-11-26-22(19)16-29(15-14-25-4,17-23-20(2)9-6-12-27-23)18-24-21(3)10-7-13-28-24/h5-13,25H,14-18H2,1-4H3/q+1. The maximum absolute atomic E-state index is 4.72. The van der Waals surface area contributed by atoms with Gasteiger partial charge in [-0.05, 0) is 62.7 Å². The fraction of sp³-hybridized carbons (Fsp3) is 0.375. The molecule has 0 aliphatic heterocycles. The zero-order valence-electron chi connectivity index (χ0n) is 18.0. The molecule has 0 amide bonds. The van der Waals surface area contributed by atoms with Crippen LogP contribution in [0.1, 0.15) is 33.8 Å². The van der Waals surface area contributed by atoms with E-state index in [2.05, 4.69) is 44.3 Å². The molecule has 29 heavy (non-hydrogen) atoms. The van der Waals surface area contributed by atoms with E-state index in [-0.39, 0.29) is 0 Å². The quantitative estimate of drug-likeness (QED) is 0.566. The highest BCUT2D eigenvalue weighted by Gasteiger charge is 2.32. The Bertz CT molecular complexity index is 822. The van der Waals surface area contributed by atoms with Crippen LogP contribution in [0.15, 0.2) is 55.0 Å². The second-order valence-electron chi connectivity index (χ2n) is 7.94. The summed E-state index contributed by atoms with van der Waals surface area (Å²) in [5.41, 5.74) is 7.13. The normalized spacial score (nSPS) is 11.6. The smallest absolute Gasteiger partial charge is 0.122 e.